The lowest BCUT2D eigenvalue weighted by Crippen LogP contribution is -2.50. The van der Waals surface area contributed by atoms with E-state index in [1.807, 2.05) is 0 Å². The SMILES string of the molecule is C=CCCOc1cc(C2=NC3(CCN(S(=O)(=O)CCc4ccc(C(=O)O)cc4C)CC3)C(=O)N2)cc(C(F)(F)F)c1.C=CCCOc1cc(C2=NC3(CCN(S(=O)(=O)CCc4ccc(C(=O)OC)cc4C)CC3)C(=O)N2)cc(C(F)(F)F)c1. The summed E-state index contributed by atoms with van der Waals surface area (Å²) < 4.78 is 152. The summed E-state index contributed by atoms with van der Waals surface area (Å²) in [7, 11) is -6.11. The molecule has 4 aromatic rings. The number of carbonyl (C=O) groups excluding carboxylic acids is 3. The number of methoxy groups -OCH3 is 1. The molecule has 0 bridgehead atoms. The maximum Gasteiger partial charge on any atom is 0.416 e. The number of nitrogens with zero attached hydrogens (tertiary/aromatic N) is 4. The number of halogens is 6. The van der Waals surface area contributed by atoms with Crippen molar-refractivity contribution in [2.45, 2.75) is 88.6 Å². The van der Waals surface area contributed by atoms with Crippen LogP contribution in [0.5, 0.6) is 11.5 Å². The summed E-state index contributed by atoms with van der Waals surface area (Å²) >= 11 is 0. The Hall–Kier alpha value is -7.42. The van der Waals surface area contributed by atoms with Gasteiger partial charge in [-0.25, -0.2) is 35.0 Å². The number of piperidine rings is 2. The van der Waals surface area contributed by atoms with Gasteiger partial charge >= 0.3 is 24.3 Å². The number of rotatable bonds is 20. The Morgan fingerprint density at radius 1 is 0.639 bits per heavy atom. The number of alkyl halides is 6. The number of esters is 1. The molecule has 0 saturated carbocycles. The molecule has 0 radical (unpaired) electrons. The van der Waals surface area contributed by atoms with Gasteiger partial charge < -0.3 is 30.0 Å². The number of aromatic carboxylic acids is 1. The number of hydrogen-bond acceptors (Lipinski definition) is 13. The quantitative estimate of drug-likeness (QED) is 0.0330. The van der Waals surface area contributed by atoms with Crippen molar-refractivity contribution in [2.24, 2.45) is 9.98 Å². The van der Waals surface area contributed by atoms with Gasteiger partial charge in [-0.15, -0.1) is 13.2 Å². The lowest BCUT2D eigenvalue weighted by molar-refractivity contribution is -0.138. The summed E-state index contributed by atoms with van der Waals surface area (Å²) in [6.07, 6.45) is -4.56. The second kappa shape index (κ2) is 25.6. The molecule has 0 atom stereocenters. The van der Waals surface area contributed by atoms with E-state index in [1.165, 1.54) is 40.0 Å². The maximum absolute atomic E-state index is 13.6. The third kappa shape index (κ3) is 15.2. The average molecular weight is 1200 g/mol. The first-order chi connectivity index (χ1) is 39.0. The van der Waals surface area contributed by atoms with Gasteiger partial charge in [-0.1, -0.05) is 24.3 Å². The van der Waals surface area contributed by atoms with Crippen LogP contribution in [0.15, 0.2) is 108 Å². The highest BCUT2D eigenvalue weighted by molar-refractivity contribution is 7.89. The zero-order valence-electron chi connectivity index (χ0n) is 45.6. The van der Waals surface area contributed by atoms with E-state index >= 15 is 0 Å². The number of carboxylic acid groups (broad SMARTS) is 1. The molecule has 2 fully saturated rings. The van der Waals surface area contributed by atoms with Gasteiger partial charge in [0.2, 0.25) is 20.0 Å². The van der Waals surface area contributed by atoms with Crippen LogP contribution < -0.4 is 20.1 Å². The summed E-state index contributed by atoms with van der Waals surface area (Å²) in [6.45, 7) is 11.0. The van der Waals surface area contributed by atoms with Crippen LogP contribution in [0.25, 0.3) is 0 Å². The Morgan fingerprint density at radius 3 is 1.37 bits per heavy atom. The van der Waals surface area contributed by atoms with Crippen molar-refractivity contribution in [3.05, 3.63) is 154 Å². The minimum Gasteiger partial charge on any atom is -0.493 e. The molecule has 4 aliphatic rings. The largest absolute Gasteiger partial charge is 0.493 e. The van der Waals surface area contributed by atoms with E-state index in [0.717, 1.165) is 35.4 Å². The number of aryl methyl sites for hydroxylation is 4. The molecule has 0 aliphatic carbocycles. The monoisotopic (exact) mass is 1200 g/mol. The lowest BCUT2D eigenvalue weighted by atomic mass is 9.89. The van der Waals surface area contributed by atoms with Crippen molar-refractivity contribution in [1.29, 1.82) is 0 Å². The third-order valence-electron chi connectivity index (χ3n) is 14.7. The summed E-state index contributed by atoms with van der Waals surface area (Å²) in [5.41, 5.74) is -0.953. The van der Waals surface area contributed by atoms with Gasteiger partial charge in [-0.3, -0.25) is 19.6 Å². The highest BCUT2D eigenvalue weighted by Crippen LogP contribution is 2.38. The molecular weight excluding hydrogens is 1140 g/mol. The van der Waals surface area contributed by atoms with Crippen LogP contribution in [-0.2, 0) is 59.6 Å². The van der Waals surface area contributed by atoms with Crippen molar-refractivity contribution >= 4 is 55.5 Å². The molecule has 0 unspecified atom stereocenters. The number of amidine groups is 2. The lowest BCUT2D eigenvalue weighted by Gasteiger charge is -2.34. The number of hydrogen-bond donors (Lipinski definition) is 3. The van der Waals surface area contributed by atoms with Crippen molar-refractivity contribution in [3.8, 4) is 11.5 Å². The summed E-state index contributed by atoms with van der Waals surface area (Å²) in [4.78, 5) is 57.9. The first kappa shape index (κ1) is 63.2. The number of aliphatic imine (C=N–C) groups is 2. The van der Waals surface area contributed by atoms with Crippen molar-refractivity contribution in [1.82, 2.24) is 19.2 Å². The minimum absolute atomic E-state index is 0.0122. The predicted octanol–water partition coefficient (Wildman–Crippen LogP) is 7.99. The van der Waals surface area contributed by atoms with E-state index in [1.54, 1.807) is 50.3 Å². The Kier molecular flexibility index (Phi) is 19.5. The average Bonchev–Trinajstić information content (AvgIpc) is 3.18. The van der Waals surface area contributed by atoms with E-state index in [0.29, 0.717) is 29.5 Å². The first-order valence-corrected chi connectivity index (χ1v) is 29.5. The zero-order valence-corrected chi connectivity index (χ0v) is 47.3. The molecule has 83 heavy (non-hydrogen) atoms. The summed E-state index contributed by atoms with van der Waals surface area (Å²) in [5, 5.41) is 14.3. The van der Waals surface area contributed by atoms with Gasteiger partial charge in [-0.2, -0.15) is 26.3 Å². The van der Waals surface area contributed by atoms with Crippen LogP contribution in [-0.4, -0.2) is 135 Å². The fourth-order valence-electron chi connectivity index (χ4n) is 9.81. The van der Waals surface area contributed by atoms with E-state index in [4.69, 9.17) is 19.3 Å². The van der Waals surface area contributed by atoms with Crippen LogP contribution in [0, 0.1) is 13.8 Å². The molecule has 2 spiro atoms. The number of nitrogens with one attached hydrogen (secondary N) is 2. The summed E-state index contributed by atoms with van der Waals surface area (Å²) in [6, 6.07) is 15.8. The molecule has 2 amide bonds. The third-order valence-corrected chi connectivity index (χ3v) is 18.4. The van der Waals surface area contributed by atoms with Gasteiger partial charge in [-0.05, 0) is 148 Å². The van der Waals surface area contributed by atoms with E-state index < -0.39 is 78.4 Å². The van der Waals surface area contributed by atoms with Crippen LogP contribution in [0.4, 0.5) is 26.3 Å². The Balaban J connectivity index is 0.000000239. The number of carboxylic acids is 1. The van der Waals surface area contributed by atoms with Gasteiger partial charge in [0.25, 0.3) is 11.8 Å². The summed E-state index contributed by atoms with van der Waals surface area (Å²) in [5.74, 6) is -2.97. The molecule has 4 heterocycles. The molecule has 3 N–H and O–H groups in total. The van der Waals surface area contributed by atoms with Crippen LogP contribution in [0.2, 0.25) is 0 Å². The van der Waals surface area contributed by atoms with E-state index in [-0.39, 0.29) is 129 Å². The fourth-order valence-corrected chi connectivity index (χ4v) is 12.8. The van der Waals surface area contributed by atoms with Crippen LogP contribution in [0.3, 0.4) is 0 Å². The fraction of sp³-hybridized carbons (Fsp3) is 0.404. The molecule has 4 aromatic carbocycles. The van der Waals surface area contributed by atoms with Crippen molar-refractivity contribution in [2.75, 3.05) is 58.0 Å². The minimum atomic E-state index is -4.65. The molecule has 8 rings (SSSR count). The maximum atomic E-state index is 13.6. The molecule has 26 heteroatoms. The number of sulfonamides is 2. The molecule has 4 aliphatic heterocycles. The molecule has 18 nitrogen and oxygen atoms in total. The smallest absolute Gasteiger partial charge is 0.416 e. The Morgan fingerprint density at radius 2 is 1.02 bits per heavy atom. The highest BCUT2D eigenvalue weighted by Gasteiger charge is 2.49. The van der Waals surface area contributed by atoms with Gasteiger partial charge in [0.05, 0.1) is 54.1 Å². The number of amides is 2. The topological polar surface area (TPSA) is 240 Å². The highest BCUT2D eigenvalue weighted by atomic mass is 32.2. The standard InChI is InChI=1S/C29H32F3N3O6S.C28H30F3N3O6S/c1-4-5-13-41-24-17-22(16-23(18-24)29(30,31)32)25-33-27(37)28(34-25)9-11-35(12-10-28)42(38,39)14-8-20-6-7-21(15-19(20)2)26(36)40-3;1-3-4-12-40-23-16-21(15-22(17-23)28(29,30)31)24-32-26(37)27(33-24)8-10-34(11-9-27)41(38,39)13-7-19-5-6-20(25(35)36)14-18(19)2/h4,6-7,15-18H,1,5,8-14H2,2-3H3,(H,33,34,37);3,5-6,14-17H,1,4,7-13H2,2H3,(H,35,36)(H,32,33,37). The Bertz CT molecular complexity index is 3460. The van der Waals surface area contributed by atoms with Gasteiger partial charge in [0.15, 0.2) is 0 Å². The van der Waals surface area contributed by atoms with Crippen molar-refractivity contribution in [3.63, 3.8) is 0 Å². The van der Waals surface area contributed by atoms with Crippen LogP contribution >= 0.6 is 0 Å². The zero-order chi connectivity index (χ0) is 60.7. The second-order valence-corrected chi connectivity index (χ2v) is 24.4. The number of ether oxygens (including phenoxy) is 3. The molecule has 0 aromatic heterocycles. The number of benzene rings is 4. The number of carbonyl (C=O) groups is 4. The van der Waals surface area contributed by atoms with Crippen LogP contribution in [0.1, 0.15) is 104 Å². The van der Waals surface area contributed by atoms with E-state index in [2.05, 4.69) is 33.8 Å². The molecule has 446 valence electrons. The Labute approximate surface area is 476 Å². The first-order valence-electron chi connectivity index (χ1n) is 26.2. The van der Waals surface area contributed by atoms with Gasteiger partial charge in [0, 0.05) is 37.3 Å². The normalized spacial score (nSPS) is 17.2. The van der Waals surface area contributed by atoms with Crippen molar-refractivity contribution < 1.29 is 81.7 Å². The van der Waals surface area contributed by atoms with Gasteiger partial charge in [0.1, 0.15) is 34.2 Å². The second-order valence-electron chi connectivity index (χ2n) is 20.2. The molecular formula is C57H62F6N6O12S2. The molecule has 2 saturated heterocycles. The van der Waals surface area contributed by atoms with E-state index in [9.17, 15) is 62.4 Å². The predicted molar refractivity (Wildman–Crippen MR) is 296 cm³/mol.